The molecule has 186 valence electrons. The largest absolute Gasteiger partial charge is 0.383 e. The first-order valence-corrected chi connectivity index (χ1v) is 12.1. The summed E-state index contributed by atoms with van der Waals surface area (Å²) >= 11 is 0. The lowest BCUT2D eigenvalue weighted by Gasteiger charge is -2.26. The summed E-state index contributed by atoms with van der Waals surface area (Å²) in [5.41, 5.74) is 11.8. The van der Waals surface area contributed by atoms with Crippen molar-refractivity contribution >= 4 is 39.9 Å². The van der Waals surface area contributed by atoms with E-state index in [0.29, 0.717) is 29.1 Å². The Bertz CT molecular complexity index is 1380. The second-order valence-corrected chi connectivity index (χ2v) is 9.35. The van der Waals surface area contributed by atoms with Crippen molar-refractivity contribution < 1.29 is 14.3 Å². The van der Waals surface area contributed by atoms with E-state index in [-0.39, 0.29) is 18.4 Å². The Hall–Kier alpha value is -3.98. The molecule has 0 aliphatic carbocycles. The molecule has 0 radical (unpaired) electrons. The summed E-state index contributed by atoms with van der Waals surface area (Å²) in [6, 6.07) is 7.59. The fraction of sp³-hybridized carbons (Fsp3) is 0.333. The fourth-order valence-electron chi connectivity index (χ4n) is 4.93. The fourth-order valence-corrected chi connectivity index (χ4v) is 4.93. The molecule has 9 heteroatoms. The number of nitrogens with zero attached hydrogens (tertiary/aromatic N) is 4. The van der Waals surface area contributed by atoms with Crippen LogP contribution < -0.4 is 11.1 Å². The Morgan fingerprint density at radius 1 is 1.17 bits per heavy atom. The highest BCUT2D eigenvalue weighted by molar-refractivity contribution is 6.05. The van der Waals surface area contributed by atoms with Crippen molar-refractivity contribution in [2.24, 2.45) is 7.05 Å². The van der Waals surface area contributed by atoms with Crippen molar-refractivity contribution in [1.82, 2.24) is 19.4 Å². The van der Waals surface area contributed by atoms with Gasteiger partial charge in [-0.1, -0.05) is 24.8 Å². The summed E-state index contributed by atoms with van der Waals surface area (Å²) in [6.45, 7) is 7.25. The monoisotopic (exact) mass is 486 g/mol. The summed E-state index contributed by atoms with van der Waals surface area (Å²) in [4.78, 5) is 35.5. The highest BCUT2D eigenvalue weighted by Crippen LogP contribution is 2.40. The number of anilines is 2. The molecule has 3 N–H and O–H groups in total. The summed E-state index contributed by atoms with van der Waals surface area (Å²) in [7, 11) is 1.94. The van der Waals surface area contributed by atoms with Crippen molar-refractivity contribution in [3.05, 3.63) is 54.4 Å². The predicted octanol–water partition coefficient (Wildman–Crippen LogP) is 3.53. The highest BCUT2D eigenvalue weighted by atomic mass is 16.5. The van der Waals surface area contributed by atoms with Crippen LogP contribution in [0.1, 0.15) is 31.7 Å². The van der Waals surface area contributed by atoms with Gasteiger partial charge in [0.15, 0.2) is 0 Å². The third kappa shape index (κ3) is 4.26. The van der Waals surface area contributed by atoms with Crippen molar-refractivity contribution in [1.29, 1.82) is 0 Å². The average Bonchev–Trinajstić information content (AvgIpc) is 3.52. The van der Waals surface area contributed by atoms with E-state index in [1.807, 2.05) is 40.8 Å². The smallest absolute Gasteiger partial charge is 0.252 e. The van der Waals surface area contributed by atoms with Gasteiger partial charge < -0.3 is 25.3 Å². The Morgan fingerprint density at radius 2 is 1.89 bits per heavy atom. The minimum absolute atomic E-state index is 0.0659. The number of hydrogen-bond donors (Lipinski definition) is 2. The number of likely N-dealkylation sites (tertiary alicyclic amines) is 1. The molecule has 2 aromatic heterocycles. The topological polar surface area (TPSA) is 115 Å². The van der Waals surface area contributed by atoms with Crippen LogP contribution in [0.5, 0.6) is 0 Å². The molecule has 1 atom stereocenters. The van der Waals surface area contributed by atoms with E-state index < -0.39 is 6.10 Å². The third-order valence-corrected chi connectivity index (χ3v) is 6.83. The van der Waals surface area contributed by atoms with Gasteiger partial charge in [0.2, 0.25) is 0 Å². The van der Waals surface area contributed by atoms with Gasteiger partial charge in [0.05, 0.1) is 17.7 Å². The Morgan fingerprint density at radius 3 is 2.53 bits per heavy atom. The minimum Gasteiger partial charge on any atom is -0.383 e. The molecule has 2 aliphatic heterocycles. The zero-order chi connectivity index (χ0) is 25.4. The third-order valence-electron chi connectivity index (χ3n) is 6.83. The molecule has 0 spiro atoms. The van der Waals surface area contributed by atoms with Crippen molar-refractivity contribution in [3.63, 3.8) is 0 Å². The molecule has 0 bridgehead atoms. The van der Waals surface area contributed by atoms with Crippen molar-refractivity contribution in [2.45, 2.75) is 32.3 Å². The van der Waals surface area contributed by atoms with E-state index in [0.717, 1.165) is 53.7 Å². The molecule has 36 heavy (non-hydrogen) atoms. The first-order valence-electron chi connectivity index (χ1n) is 12.1. The number of rotatable bonds is 5. The maximum atomic E-state index is 12.8. The van der Waals surface area contributed by atoms with E-state index in [1.165, 1.54) is 6.33 Å². The first-order chi connectivity index (χ1) is 17.3. The van der Waals surface area contributed by atoms with Crippen LogP contribution in [0.15, 0.2) is 48.8 Å². The summed E-state index contributed by atoms with van der Waals surface area (Å²) in [5, 5.41) is 3.59. The van der Waals surface area contributed by atoms with Crippen LogP contribution in [0.4, 0.5) is 11.5 Å². The second-order valence-electron chi connectivity index (χ2n) is 9.35. The number of nitrogens with one attached hydrogen (secondary N) is 1. The molecule has 1 aromatic carbocycles. The lowest BCUT2D eigenvalue weighted by molar-refractivity contribution is -0.141. The van der Waals surface area contributed by atoms with Gasteiger partial charge in [0.1, 0.15) is 23.9 Å². The quantitative estimate of drug-likeness (QED) is 0.533. The molecule has 1 saturated heterocycles. The molecular weight excluding hydrogens is 456 g/mol. The Balaban J connectivity index is 1.53. The van der Waals surface area contributed by atoms with E-state index >= 15 is 0 Å². The van der Waals surface area contributed by atoms with Crippen molar-refractivity contribution in [3.8, 4) is 11.3 Å². The molecule has 5 rings (SSSR count). The number of nitrogen functional groups attached to an aromatic ring is 1. The Labute approximate surface area is 209 Å². The van der Waals surface area contributed by atoms with Gasteiger partial charge in [-0.15, -0.1) is 0 Å². The second kappa shape index (κ2) is 9.58. The van der Waals surface area contributed by atoms with Crippen LogP contribution in [0, 0.1) is 0 Å². The van der Waals surface area contributed by atoms with Crippen LogP contribution in [-0.2, 0) is 21.4 Å². The normalized spacial score (nSPS) is 17.8. The number of benzene rings is 1. The average molecular weight is 487 g/mol. The van der Waals surface area contributed by atoms with Gasteiger partial charge in [-0.2, -0.15) is 0 Å². The zero-order valence-electron chi connectivity index (χ0n) is 20.6. The van der Waals surface area contributed by atoms with Gasteiger partial charge in [-0.05, 0) is 43.0 Å². The van der Waals surface area contributed by atoms with Crippen LogP contribution in [0.3, 0.4) is 0 Å². The maximum Gasteiger partial charge on any atom is 0.252 e. The SMILES string of the molecule is C=C(C)C(=O)Nc1ccc(-c2c(C3=CCC(C(=O)N4CCCC4)OC3)c3c(N)ncnc3n2C)cc1. The van der Waals surface area contributed by atoms with Crippen LogP contribution in [0.2, 0.25) is 0 Å². The minimum atomic E-state index is -0.463. The molecule has 2 aliphatic rings. The predicted molar refractivity (Wildman–Crippen MR) is 140 cm³/mol. The number of nitrogens with two attached hydrogens (primary N) is 1. The zero-order valence-corrected chi connectivity index (χ0v) is 20.6. The van der Waals surface area contributed by atoms with Gasteiger partial charge in [0.25, 0.3) is 11.8 Å². The lowest BCUT2D eigenvalue weighted by Crippen LogP contribution is -2.39. The van der Waals surface area contributed by atoms with Crippen LogP contribution >= 0.6 is 0 Å². The Kier molecular flexibility index (Phi) is 6.32. The molecule has 3 aromatic rings. The molecule has 4 heterocycles. The number of carbonyl (C=O) groups excluding carboxylic acids is 2. The summed E-state index contributed by atoms with van der Waals surface area (Å²) in [5.74, 6) is 0.230. The van der Waals surface area contributed by atoms with Crippen LogP contribution in [0.25, 0.3) is 27.9 Å². The summed E-state index contributed by atoms with van der Waals surface area (Å²) in [6.07, 6.45) is 5.67. The molecule has 9 nitrogen and oxygen atoms in total. The molecular formula is C27H30N6O3. The number of amides is 2. The maximum absolute atomic E-state index is 12.8. The van der Waals surface area contributed by atoms with E-state index in [4.69, 9.17) is 10.5 Å². The molecule has 2 amide bonds. The van der Waals surface area contributed by atoms with E-state index in [2.05, 4.69) is 27.9 Å². The van der Waals surface area contributed by atoms with E-state index in [1.54, 1.807) is 6.92 Å². The number of fused-ring (bicyclic) bond motifs is 1. The number of aryl methyl sites for hydroxylation is 1. The lowest BCUT2D eigenvalue weighted by atomic mass is 9.96. The van der Waals surface area contributed by atoms with Gasteiger partial charge in [-0.3, -0.25) is 9.59 Å². The van der Waals surface area contributed by atoms with Gasteiger partial charge in [0, 0.05) is 43.4 Å². The molecule has 1 fully saturated rings. The van der Waals surface area contributed by atoms with Crippen LogP contribution in [-0.4, -0.2) is 57.0 Å². The standard InChI is InChI=1S/C27H30N6O3/c1-16(2)26(34)31-19-9-6-17(7-10-19)23-21(22-24(28)29-15-30-25(22)32(23)3)18-8-11-20(36-14-18)27(35)33-12-4-5-13-33/h6-10,15,20H,1,4-5,11-14H2,2-3H3,(H,31,34)(H2,28,29,30). The number of carbonyl (C=O) groups is 2. The van der Waals surface area contributed by atoms with Gasteiger partial charge >= 0.3 is 0 Å². The molecule has 0 saturated carbocycles. The number of ether oxygens (including phenoxy) is 1. The number of hydrogen-bond acceptors (Lipinski definition) is 6. The van der Waals surface area contributed by atoms with Crippen molar-refractivity contribution in [2.75, 3.05) is 30.7 Å². The molecule has 1 unspecified atom stereocenters. The van der Waals surface area contributed by atoms with Gasteiger partial charge in [-0.25, -0.2) is 9.97 Å². The number of aromatic nitrogens is 3. The summed E-state index contributed by atoms with van der Waals surface area (Å²) < 4.78 is 8.08. The first kappa shape index (κ1) is 23.7. The van der Waals surface area contributed by atoms with E-state index in [9.17, 15) is 9.59 Å². The highest BCUT2D eigenvalue weighted by Gasteiger charge is 2.31.